The number of likely N-dealkylation sites (N-methyl/N-ethyl adjacent to an activating group) is 1. The molecule has 0 unspecified atom stereocenters. The maximum absolute atomic E-state index is 12.6. The third-order valence-corrected chi connectivity index (χ3v) is 5.70. The Kier molecular flexibility index (Phi) is 6.39. The number of thioether (sulfide) groups is 1. The van der Waals surface area contributed by atoms with Crippen LogP contribution in [0.3, 0.4) is 0 Å². The molecule has 1 heterocycles. The van der Waals surface area contributed by atoms with Gasteiger partial charge in [-0.25, -0.2) is 9.79 Å². The number of carbonyl (C=O) groups is 2. The molecule has 0 radical (unpaired) electrons. The summed E-state index contributed by atoms with van der Waals surface area (Å²) in [6, 6.07) is 14.5. The Balaban J connectivity index is 1.83. The van der Waals surface area contributed by atoms with E-state index in [2.05, 4.69) is 35.9 Å². The molecule has 0 aliphatic carbocycles. The van der Waals surface area contributed by atoms with Gasteiger partial charge in [-0.2, -0.15) is 0 Å². The molecule has 0 atom stereocenters. The minimum absolute atomic E-state index is 0.129. The molecular weight excluding hydrogens is 386 g/mol. The first-order chi connectivity index (χ1) is 13.9. The fourth-order valence-electron chi connectivity index (χ4n) is 2.99. The van der Waals surface area contributed by atoms with E-state index in [0.29, 0.717) is 15.8 Å². The highest BCUT2D eigenvalue weighted by Crippen LogP contribution is 2.33. The largest absolute Gasteiger partial charge is 0.478 e. The molecular formula is C22H23N3O3S. The highest BCUT2D eigenvalue weighted by Gasteiger charge is 2.30. The van der Waals surface area contributed by atoms with Crippen molar-refractivity contribution in [1.29, 1.82) is 0 Å². The van der Waals surface area contributed by atoms with Crippen LogP contribution in [0.1, 0.15) is 29.8 Å². The second-order valence-electron chi connectivity index (χ2n) is 6.49. The Hall–Kier alpha value is -3.06. The Morgan fingerprint density at radius 2 is 1.86 bits per heavy atom. The van der Waals surface area contributed by atoms with Crippen LogP contribution < -0.4 is 4.90 Å². The molecule has 0 bridgehead atoms. The van der Waals surface area contributed by atoms with Crippen molar-refractivity contribution in [3.05, 3.63) is 64.6 Å². The number of hydrogen-bond acceptors (Lipinski definition) is 5. The Labute approximate surface area is 174 Å². The molecule has 2 aromatic carbocycles. The summed E-state index contributed by atoms with van der Waals surface area (Å²) in [6.07, 6.45) is 1.85. The SMILES string of the molecule is CCN(CC)c1ccc(/C=C2\SC(=Nc3cccc(C(=O)O)c3)N(C)C2=O)cc1. The number of hydrogen-bond donors (Lipinski definition) is 1. The van der Waals surface area contributed by atoms with Crippen molar-refractivity contribution in [3.63, 3.8) is 0 Å². The number of benzene rings is 2. The van der Waals surface area contributed by atoms with E-state index in [0.717, 1.165) is 24.3 Å². The van der Waals surface area contributed by atoms with Crippen LogP contribution in [-0.2, 0) is 4.79 Å². The van der Waals surface area contributed by atoms with E-state index in [-0.39, 0.29) is 11.5 Å². The van der Waals surface area contributed by atoms with E-state index in [9.17, 15) is 9.59 Å². The van der Waals surface area contributed by atoms with Crippen LogP contribution in [0.5, 0.6) is 0 Å². The molecule has 1 amide bonds. The number of nitrogens with zero attached hydrogens (tertiary/aromatic N) is 3. The summed E-state index contributed by atoms with van der Waals surface area (Å²) < 4.78 is 0. The van der Waals surface area contributed by atoms with Crippen LogP contribution in [0.15, 0.2) is 58.4 Å². The first-order valence-corrected chi connectivity index (χ1v) is 10.2. The summed E-state index contributed by atoms with van der Waals surface area (Å²) in [4.78, 5) is 32.5. The van der Waals surface area contributed by atoms with Crippen LogP contribution in [0.2, 0.25) is 0 Å². The summed E-state index contributed by atoms with van der Waals surface area (Å²) in [5.74, 6) is -1.14. The zero-order valence-corrected chi connectivity index (χ0v) is 17.4. The van der Waals surface area contributed by atoms with Crippen LogP contribution in [0.4, 0.5) is 11.4 Å². The Morgan fingerprint density at radius 3 is 2.48 bits per heavy atom. The lowest BCUT2D eigenvalue weighted by Crippen LogP contribution is -2.23. The number of carboxylic acids is 1. The maximum atomic E-state index is 12.6. The van der Waals surface area contributed by atoms with E-state index >= 15 is 0 Å². The van der Waals surface area contributed by atoms with Gasteiger partial charge in [-0.3, -0.25) is 9.69 Å². The summed E-state index contributed by atoms with van der Waals surface area (Å²) in [7, 11) is 1.67. The quantitative estimate of drug-likeness (QED) is 0.713. The van der Waals surface area contributed by atoms with E-state index in [1.54, 1.807) is 19.2 Å². The van der Waals surface area contributed by atoms with Gasteiger partial charge < -0.3 is 10.0 Å². The number of rotatable bonds is 6. The lowest BCUT2D eigenvalue weighted by atomic mass is 10.1. The van der Waals surface area contributed by atoms with Crippen molar-refractivity contribution in [1.82, 2.24) is 4.90 Å². The molecule has 3 rings (SSSR count). The second-order valence-corrected chi connectivity index (χ2v) is 7.50. The van der Waals surface area contributed by atoms with Gasteiger partial charge >= 0.3 is 5.97 Å². The number of carboxylic acid groups (broad SMARTS) is 1. The van der Waals surface area contributed by atoms with Crippen molar-refractivity contribution in [2.45, 2.75) is 13.8 Å². The minimum atomic E-state index is -1.01. The topological polar surface area (TPSA) is 73.2 Å². The normalized spacial score (nSPS) is 16.7. The molecule has 0 saturated carbocycles. The molecule has 1 saturated heterocycles. The van der Waals surface area contributed by atoms with Gasteiger partial charge in [-0.15, -0.1) is 0 Å². The first-order valence-electron chi connectivity index (χ1n) is 9.37. The predicted molar refractivity (Wildman–Crippen MR) is 119 cm³/mol. The average molecular weight is 410 g/mol. The third kappa shape index (κ3) is 4.68. The summed E-state index contributed by atoms with van der Waals surface area (Å²) in [5.41, 5.74) is 2.75. The molecule has 0 aromatic heterocycles. The zero-order valence-electron chi connectivity index (χ0n) is 16.6. The van der Waals surface area contributed by atoms with E-state index in [1.165, 1.54) is 28.8 Å². The van der Waals surface area contributed by atoms with Gasteiger partial charge in [-0.1, -0.05) is 18.2 Å². The van der Waals surface area contributed by atoms with Gasteiger partial charge in [0.15, 0.2) is 5.17 Å². The number of anilines is 1. The number of amides is 1. The number of amidine groups is 1. The van der Waals surface area contributed by atoms with Crippen LogP contribution in [0, 0.1) is 0 Å². The van der Waals surface area contributed by atoms with Crippen molar-refractivity contribution < 1.29 is 14.7 Å². The van der Waals surface area contributed by atoms with Gasteiger partial charge in [0.05, 0.1) is 16.2 Å². The van der Waals surface area contributed by atoms with Crippen molar-refractivity contribution >= 4 is 46.3 Å². The molecule has 1 aliphatic rings. The van der Waals surface area contributed by atoms with Crippen molar-refractivity contribution in [3.8, 4) is 0 Å². The summed E-state index contributed by atoms with van der Waals surface area (Å²) in [6.45, 7) is 6.13. The maximum Gasteiger partial charge on any atom is 0.335 e. The Bertz CT molecular complexity index is 979. The first kappa shape index (κ1) is 20.7. The molecule has 7 heteroatoms. The van der Waals surface area contributed by atoms with Crippen molar-refractivity contribution in [2.24, 2.45) is 4.99 Å². The molecule has 0 spiro atoms. The van der Waals surface area contributed by atoms with Gasteiger partial charge in [0.25, 0.3) is 5.91 Å². The monoisotopic (exact) mass is 409 g/mol. The molecule has 150 valence electrons. The highest BCUT2D eigenvalue weighted by atomic mass is 32.2. The molecule has 1 aliphatic heterocycles. The summed E-state index contributed by atoms with van der Waals surface area (Å²) in [5, 5.41) is 9.64. The average Bonchev–Trinajstić information content (AvgIpc) is 2.98. The van der Waals surface area contributed by atoms with Gasteiger partial charge in [0.1, 0.15) is 0 Å². The molecule has 2 aromatic rings. The van der Waals surface area contributed by atoms with Crippen LogP contribution >= 0.6 is 11.8 Å². The lowest BCUT2D eigenvalue weighted by Gasteiger charge is -2.20. The van der Waals surface area contributed by atoms with Gasteiger partial charge in [-0.05, 0) is 67.6 Å². The van der Waals surface area contributed by atoms with Gasteiger partial charge in [0.2, 0.25) is 0 Å². The standard InChI is InChI=1S/C22H23N3O3S/c1-4-25(5-2)18-11-9-15(10-12-18)13-19-20(26)24(3)22(29-19)23-17-8-6-7-16(14-17)21(27)28/h6-14H,4-5H2,1-3H3,(H,27,28)/b19-13-,23-22?. The van der Waals surface area contributed by atoms with Gasteiger partial charge in [0, 0.05) is 25.8 Å². The van der Waals surface area contributed by atoms with Crippen LogP contribution in [-0.4, -0.2) is 47.2 Å². The van der Waals surface area contributed by atoms with E-state index in [4.69, 9.17) is 5.11 Å². The number of aromatic carboxylic acids is 1. The van der Waals surface area contributed by atoms with Crippen molar-refractivity contribution in [2.75, 3.05) is 25.0 Å². The van der Waals surface area contributed by atoms with E-state index in [1.807, 2.05) is 18.2 Å². The molecule has 6 nitrogen and oxygen atoms in total. The number of aliphatic imine (C=N–C) groups is 1. The lowest BCUT2D eigenvalue weighted by molar-refractivity contribution is -0.121. The molecule has 29 heavy (non-hydrogen) atoms. The van der Waals surface area contributed by atoms with Crippen LogP contribution in [0.25, 0.3) is 6.08 Å². The molecule has 1 N–H and O–H groups in total. The number of carbonyl (C=O) groups excluding carboxylic acids is 1. The fraction of sp³-hybridized carbons (Fsp3) is 0.227. The van der Waals surface area contributed by atoms with E-state index < -0.39 is 5.97 Å². The minimum Gasteiger partial charge on any atom is -0.478 e. The smallest absolute Gasteiger partial charge is 0.335 e. The predicted octanol–water partition coefficient (Wildman–Crippen LogP) is 4.46. The highest BCUT2D eigenvalue weighted by molar-refractivity contribution is 8.18. The Morgan fingerprint density at radius 1 is 1.17 bits per heavy atom. The second kappa shape index (κ2) is 8.96. The molecule has 1 fully saturated rings. The summed E-state index contributed by atoms with van der Waals surface area (Å²) >= 11 is 1.28. The fourth-order valence-corrected chi connectivity index (χ4v) is 3.98. The third-order valence-electron chi connectivity index (χ3n) is 4.64. The zero-order chi connectivity index (χ0) is 21.0.